The van der Waals surface area contributed by atoms with Gasteiger partial charge in [0.05, 0.1) is 35.4 Å². The fraction of sp³-hybridized carbons (Fsp3) is 0.182. The lowest BCUT2D eigenvalue weighted by Crippen LogP contribution is -2.33. The number of benzene rings is 1. The topological polar surface area (TPSA) is 136 Å². The Morgan fingerprint density at radius 3 is 2.97 bits per heavy atom. The van der Waals surface area contributed by atoms with Crippen molar-refractivity contribution in [2.45, 2.75) is 6.10 Å². The fourth-order valence-electron chi connectivity index (χ4n) is 3.76. The van der Waals surface area contributed by atoms with Crippen LogP contribution in [-0.4, -0.2) is 44.8 Å². The average molecular weight is 410 g/mol. The highest BCUT2D eigenvalue weighted by Gasteiger charge is 2.23. The van der Waals surface area contributed by atoms with Gasteiger partial charge in [-0.15, -0.1) is 5.10 Å². The van der Waals surface area contributed by atoms with Crippen LogP contribution in [0.3, 0.4) is 0 Å². The van der Waals surface area contributed by atoms with E-state index in [1.54, 1.807) is 18.3 Å². The van der Waals surface area contributed by atoms with Gasteiger partial charge < -0.3 is 15.8 Å². The van der Waals surface area contributed by atoms with E-state index in [2.05, 4.69) is 31.6 Å². The van der Waals surface area contributed by atoms with Gasteiger partial charge in [0.2, 0.25) is 0 Å². The van der Waals surface area contributed by atoms with Crippen LogP contribution in [0.2, 0.25) is 0 Å². The van der Waals surface area contributed by atoms with Crippen molar-refractivity contribution in [2.75, 3.05) is 25.4 Å². The molecule has 0 aliphatic carbocycles. The lowest BCUT2D eigenvalue weighted by Gasteiger charge is -2.25. The molecule has 1 aromatic carbocycles. The summed E-state index contributed by atoms with van der Waals surface area (Å²) in [6.45, 7) is 2.11. The van der Waals surface area contributed by atoms with Crippen LogP contribution in [0.25, 0.3) is 33.5 Å². The third-order valence-electron chi connectivity index (χ3n) is 5.21. The molecule has 0 spiro atoms. The Balaban J connectivity index is 1.75. The minimum absolute atomic E-state index is 0.155. The number of fused-ring (bicyclic) bond motifs is 1. The second-order valence-electron chi connectivity index (χ2n) is 7.10. The van der Waals surface area contributed by atoms with E-state index in [1.807, 2.05) is 24.3 Å². The van der Waals surface area contributed by atoms with Gasteiger partial charge in [0.25, 0.3) is 0 Å². The van der Waals surface area contributed by atoms with Crippen LogP contribution in [0.1, 0.15) is 17.2 Å². The van der Waals surface area contributed by atoms with Crippen molar-refractivity contribution in [3.8, 4) is 28.6 Å². The number of nitrogens with zero attached hydrogens (tertiary/aromatic N) is 6. The minimum Gasteiger partial charge on any atom is -0.383 e. The van der Waals surface area contributed by atoms with E-state index in [9.17, 15) is 5.26 Å². The zero-order valence-electron chi connectivity index (χ0n) is 16.5. The summed E-state index contributed by atoms with van der Waals surface area (Å²) < 4.78 is 5.94. The van der Waals surface area contributed by atoms with E-state index in [0.717, 1.165) is 23.2 Å². The zero-order valence-corrected chi connectivity index (χ0v) is 16.5. The molecule has 1 aliphatic rings. The van der Waals surface area contributed by atoms with Crippen LogP contribution in [0.15, 0.2) is 48.9 Å². The van der Waals surface area contributed by atoms with Gasteiger partial charge >= 0.3 is 0 Å². The zero-order chi connectivity index (χ0) is 21.2. The molecule has 4 aromatic rings. The monoisotopic (exact) mass is 410 g/mol. The molecule has 31 heavy (non-hydrogen) atoms. The number of anilines is 1. The first kappa shape index (κ1) is 19.0. The van der Waals surface area contributed by atoms with E-state index in [0.29, 0.717) is 47.0 Å². The molecule has 152 valence electrons. The molecule has 5 rings (SSSR count). The average Bonchev–Trinajstić information content (AvgIpc) is 2.84. The normalized spacial score (nSPS) is 16.2. The highest BCUT2D eigenvalue weighted by atomic mass is 16.5. The SMILES string of the molecule is N#Cc1cccc(-c2cc(-c3nnccc3C3CNCCO3)nc3ncnc(N)c23)c1. The molecule has 1 saturated heterocycles. The number of nitrogen functional groups attached to an aromatic ring is 1. The number of nitrogens with one attached hydrogen (secondary N) is 1. The third-order valence-corrected chi connectivity index (χ3v) is 5.21. The number of nitrogens with two attached hydrogens (primary N) is 1. The summed E-state index contributed by atoms with van der Waals surface area (Å²) in [5.41, 5.74) is 10.9. The summed E-state index contributed by atoms with van der Waals surface area (Å²) in [6.07, 6.45) is 2.88. The largest absolute Gasteiger partial charge is 0.383 e. The van der Waals surface area contributed by atoms with Crippen LogP contribution in [0, 0.1) is 11.3 Å². The molecule has 9 nitrogen and oxygen atoms in total. The standard InChI is InChI=1S/C22H18N8O/c23-10-13-2-1-3-14(8-13)16-9-17(29-22-19(16)21(24)26-12-27-22)20-15(4-5-28-30-20)18-11-25-6-7-31-18/h1-5,8-9,12,18,25H,6-7,11H2,(H2,24,26,27,29). The Labute approximate surface area is 178 Å². The number of ether oxygens (including phenoxy) is 1. The molecule has 1 fully saturated rings. The number of pyridine rings is 1. The van der Waals surface area contributed by atoms with Gasteiger partial charge in [-0.05, 0) is 35.4 Å². The quantitative estimate of drug-likeness (QED) is 0.521. The van der Waals surface area contributed by atoms with E-state index >= 15 is 0 Å². The van der Waals surface area contributed by atoms with Crippen LogP contribution >= 0.6 is 0 Å². The van der Waals surface area contributed by atoms with Crippen LogP contribution in [0.4, 0.5) is 5.82 Å². The maximum atomic E-state index is 9.34. The molecule has 4 heterocycles. The number of nitriles is 1. The molecule has 3 N–H and O–H groups in total. The lowest BCUT2D eigenvalue weighted by atomic mass is 9.98. The van der Waals surface area contributed by atoms with Gasteiger partial charge in [0, 0.05) is 24.8 Å². The van der Waals surface area contributed by atoms with Crippen molar-refractivity contribution in [1.29, 1.82) is 5.26 Å². The van der Waals surface area contributed by atoms with Crippen LogP contribution in [-0.2, 0) is 4.74 Å². The number of rotatable bonds is 3. The smallest absolute Gasteiger partial charge is 0.165 e. The summed E-state index contributed by atoms with van der Waals surface area (Å²) in [5.74, 6) is 0.320. The summed E-state index contributed by atoms with van der Waals surface area (Å²) in [4.78, 5) is 13.2. The van der Waals surface area contributed by atoms with Gasteiger partial charge in [0.1, 0.15) is 17.8 Å². The summed E-state index contributed by atoms with van der Waals surface area (Å²) >= 11 is 0. The molecular weight excluding hydrogens is 392 g/mol. The molecule has 1 aliphatic heterocycles. The predicted octanol–water partition coefficient (Wildman–Crippen LogP) is 2.26. The maximum absolute atomic E-state index is 9.34. The van der Waals surface area contributed by atoms with Crippen LogP contribution in [0.5, 0.6) is 0 Å². The molecule has 0 amide bonds. The van der Waals surface area contributed by atoms with Crippen molar-refractivity contribution in [3.05, 3.63) is 60.0 Å². The first-order valence-corrected chi connectivity index (χ1v) is 9.80. The first-order valence-electron chi connectivity index (χ1n) is 9.80. The Kier molecular flexibility index (Phi) is 4.92. The van der Waals surface area contributed by atoms with Gasteiger partial charge in [-0.1, -0.05) is 12.1 Å². The molecule has 3 aromatic heterocycles. The number of aromatic nitrogens is 5. The molecule has 1 atom stereocenters. The van der Waals surface area contributed by atoms with Crippen LogP contribution < -0.4 is 11.1 Å². The highest BCUT2D eigenvalue weighted by Crippen LogP contribution is 2.35. The fourth-order valence-corrected chi connectivity index (χ4v) is 3.76. The van der Waals surface area contributed by atoms with Gasteiger partial charge in [0.15, 0.2) is 5.65 Å². The Morgan fingerprint density at radius 2 is 2.13 bits per heavy atom. The second kappa shape index (κ2) is 8.02. The van der Waals surface area contributed by atoms with E-state index in [4.69, 9.17) is 15.5 Å². The van der Waals surface area contributed by atoms with Crippen molar-refractivity contribution in [3.63, 3.8) is 0 Å². The Bertz CT molecular complexity index is 1310. The third kappa shape index (κ3) is 3.54. The molecular formula is C22H18N8O. The van der Waals surface area contributed by atoms with E-state index in [-0.39, 0.29) is 6.10 Å². The Morgan fingerprint density at radius 1 is 1.19 bits per heavy atom. The van der Waals surface area contributed by atoms with E-state index in [1.165, 1.54) is 6.33 Å². The molecule has 9 heteroatoms. The molecule has 0 saturated carbocycles. The summed E-state index contributed by atoms with van der Waals surface area (Å²) in [5, 5.41) is 21.8. The first-order chi connectivity index (χ1) is 15.2. The number of hydrogen-bond donors (Lipinski definition) is 2. The minimum atomic E-state index is -0.155. The number of hydrogen-bond acceptors (Lipinski definition) is 9. The summed E-state index contributed by atoms with van der Waals surface area (Å²) in [7, 11) is 0. The van der Waals surface area contributed by atoms with Crippen molar-refractivity contribution in [2.24, 2.45) is 0 Å². The second-order valence-corrected chi connectivity index (χ2v) is 7.10. The Hall–Kier alpha value is -4.00. The molecule has 0 bridgehead atoms. The predicted molar refractivity (Wildman–Crippen MR) is 114 cm³/mol. The lowest BCUT2D eigenvalue weighted by molar-refractivity contribution is 0.0278. The maximum Gasteiger partial charge on any atom is 0.165 e. The van der Waals surface area contributed by atoms with Crippen molar-refractivity contribution >= 4 is 16.9 Å². The van der Waals surface area contributed by atoms with E-state index < -0.39 is 0 Å². The summed E-state index contributed by atoms with van der Waals surface area (Å²) in [6, 6.07) is 13.3. The molecule has 0 radical (unpaired) electrons. The van der Waals surface area contributed by atoms with Crippen molar-refractivity contribution < 1.29 is 4.74 Å². The number of morpholine rings is 1. The van der Waals surface area contributed by atoms with Gasteiger partial charge in [-0.25, -0.2) is 15.0 Å². The highest BCUT2D eigenvalue weighted by molar-refractivity contribution is 6.01. The van der Waals surface area contributed by atoms with Crippen molar-refractivity contribution in [1.82, 2.24) is 30.5 Å². The van der Waals surface area contributed by atoms with Gasteiger partial charge in [-0.3, -0.25) is 0 Å². The van der Waals surface area contributed by atoms with Gasteiger partial charge in [-0.2, -0.15) is 10.4 Å². The molecule has 1 unspecified atom stereocenters.